The van der Waals surface area contributed by atoms with E-state index in [0.717, 1.165) is 0 Å². The molecule has 1 saturated heterocycles. The lowest BCUT2D eigenvalue weighted by Crippen LogP contribution is -2.38. The van der Waals surface area contributed by atoms with Gasteiger partial charge >= 0.3 is 6.61 Å². The first-order valence-corrected chi connectivity index (χ1v) is 6.57. The van der Waals surface area contributed by atoms with Crippen molar-refractivity contribution in [1.82, 2.24) is 9.80 Å². The lowest BCUT2D eigenvalue weighted by atomic mass is 10.2. The Labute approximate surface area is 121 Å². The van der Waals surface area contributed by atoms with Crippen LogP contribution in [0.2, 0.25) is 0 Å². The normalized spacial score (nSPS) is 22.1. The van der Waals surface area contributed by atoms with E-state index in [1.165, 1.54) is 23.1 Å². The number of β-amino-alcohol motifs (C(OH)–C–C–N with tert-alkyl or cyclic N) is 1. The molecule has 0 aromatic heterocycles. The van der Waals surface area contributed by atoms with Gasteiger partial charge in [-0.2, -0.15) is 8.78 Å². The molecule has 0 radical (unpaired) electrons. The molecule has 1 fully saturated rings. The van der Waals surface area contributed by atoms with E-state index in [9.17, 15) is 18.7 Å². The average molecular weight is 300 g/mol. The van der Waals surface area contributed by atoms with E-state index in [-0.39, 0.29) is 23.9 Å². The summed E-state index contributed by atoms with van der Waals surface area (Å²) in [5.74, 6) is -0.574. The van der Waals surface area contributed by atoms with Crippen LogP contribution in [0.3, 0.4) is 0 Å². The number of likely N-dealkylation sites (tertiary alicyclic amines) is 1. The summed E-state index contributed by atoms with van der Waals surface area (Å²) in [6.45, 7) is -2.47. The minimum absolute atomic E-state index is 0.0735. The molecular formula is C14H18F2N2O3. The van der Waals surface area contributed by atoms with Crippen LogP contribution in [0.15, 0.2) is 24.3 Å². The number of amides is 1. The number of carbonyl (C=O) groups excluding carboxylic acids is 1. The molecule has 0 unspecified atom stereocenters. The predicted octanol–water partition coefficient (Wildman–Crippen LogP) is 1.03. The average Bonchev–Trinajstić information content (AvgIpc) is 2.80. The second-order valence-corrected chi connectivity index (χ2v) is 5.18. The molecule has 1 aromatic rings. The topological polar surface area (TPSA) is 53.0 Å². The van der Waals surface area contributed by atoms with Crippen molar-refractivity contribution in [2.75, 3.05) is 27.2 Å². The van der Waals surface area contributed by atoms with Crippen molar-refractivity contribution in [2.45, 2.75) is 18.8 Å². The maximum absolute atomic E-state index is 12.4. The number of carbonyl (C=O) groups is 1. The molecule has 1 aromatic carbocycles. The van der Waals surface area contributed by atoms with Gasteiger partial charge in [0.1, 0.15) is 5.75 Å². The van der Waals surface area contributed by atoms with Crippen molar-refractivity contribution in [1.29, 1.82) is 0 Å². The number of hydrogen-bond acceptors (Lipinski definition) is 4. The third-order valence-corrected chi connectivity index (χ3v) is 3.54. The van der Waals surface area contributed by atoms with Gasteiger partial charge in [0.15, 0.2) is 0 Å². The van der Waals surface area contributed by atoms with Crippen LogP contribution in [0, 0.1) is 0 Å². The van der Waals surface area contributed by atoms with Gasteiger partial charge in [0, 0.05) is 13.1 Å². The smallest absolute Gasteiger partial charge is 0.387 e. The Morgan fingerprint density at radius 3 is 2.62 bits per heavy atom. The molecule has 2 atom stereocenters. The van der Waals surface area contributed by atoms with Gasteiger partial charge in [-0.25, -0.2) is 0 Å². The largest absolute Gasteiger partial charge is 0.434 e. The van der Waals surface area contributed by atoms with Gasteiger partial charge in [-0.1, -0.05) is 12.1 Å². The fraction of sp³-hybridized carbons (Fsp3) is 0.500. The van der Waals surface area contributed by atoms with Crippen molar-refractivity contribution < 1.29 is 23.4 Å². The standard InChI is InChI=1S/C14H18F2N2O3/c1-17(2)10-7-18(8-11(10)19)13(20)9-5-3-4-6-12(9)21-14(15)16/h3-6,10-11,14,19H,7-8H2,1-2H3/t10-,11-/m0/s1. The lowest BCUT2D eigenvalue weighted by molar-refractivity contribution is -0.0502. The highest BCUT2D eigenvalue weighted by Gasteiger charge is 2.36. The van der Waals surface area contributed by atoms with E-state index in [2.05, 4.69) is 4.74 Å². The molecule has 1 aliphatic heterocycles. The Morgan fingerprint density at radius 1 is 1.38 bits per heavy atom. The van der Waals surface area contributed by atoms with Gasteiger partial charge < -0.3 is 19.6 Å². The maximum Gasteiger partial charge on any atom is 0.387 e. The zero-order valence-corrected chi connectivity index (χ0v) is 11.9. The van der Waals surface area contributed by atoms with Gasteiger partial charge in [0.2, 0.25) is 0 Å². The first kappa shape index (κ1) is 15.7. The summed E-state index contributed by atoms with van der Waals surface area (Å²) < 4.78 is 29.1. The Balaban J connectivity index is 2.18. The first-order chi connectivity index (χ1) is 9.90. The van der Waals surface area contributed by atoms with E-state index in [4.69, 9.17) is 0 Å². The quantitative estimate of drug-likeness (QED) is 0.902. The summed E-state index contributed by atoms with van der Waals surface area (Å²) >= 11 is 0. The van der Waals surface area contributed by atoms with E-state index >= 15 is 0 Å². The first-order valence-electron chi connectivity index (χ1n) is 6.57. The van der Waals surface area contributed by atoms with Crippen LogP contribution in [0.1, 0.15) is 10.4 Å². The van der Waals surface area contributed by atoms with Gasteiger partial charge in [-0.3, -0.25) is 4.79 Å². The third kappa shape index (κ3) is 3.48. The number of nitrogens with zero attached hydrogens (tertiary/aromatic N) is 2. The number of ether oxygens (including phenoxy) is 1. The molecule has 1 amide bonds. The van der Waals surface area contributed by atoms with Gasteiger partial charge in [0.25, 0.3) is 5.91 Å². The Kier molecular flexibility index (Phi) is 4.74. The van der Waals surface area contributed by atoms with Gasteiger partial charge in [-0.15, -0.1) is 0 Å². The molecule has 1 N–H and O–H groups in total. The number of aliphatic hydroxyl groups is 1. The molecule has 0 saturated carbocycles. The van der Waals surface area contributed by atoms with Crippen LogP contribution in [-0.4, -0.2) is 66.8 Å². The molecule has 0 spiro atoms. The number of benzene rings is 1. The Hall–Kier alpha value is -1.73. The summed E-state index contributed by atoms with van der Waals surface area (Å²) in [6, 6.07) is 5.71. The maximum atomic E-state index is 12.4. The molecule has 7 heteroatoms. The van der Waals surface area contributed by atoms with Crippen LogP contribution in [0.5, 0.6) is 5.75 Å². The van der Waals surface area contributed by atoms with Crippen LogP contribution in [-0.2, 0) is 0 Å². The number of likely N-dealkylation sites (N-methyl/N-ethyl adjacent to an activating group) is 1. The lowest BCUT2D eigenvalue weighted by Gasteiger charge is -2.22. The van der Waals surface area contributed by atoms with E-state index in [1.807, 2.05) is 19.0 Å². The Morgan fingerprint density at radius 2 is 2.05 bits per heavy atom. The van der Waals surface area contributed by atoms with Gasteiger partial charge in [-0.05, 0) is 26.2 Å². The number of para-hydroxylation sites is 1. The van der Waals surface area contributed by atoms with Crippen LogP contribution in [0.25, 0.3) is 0 Å². The summed E-state index contributed by atoms with van der Waals surface area (Å²) in [5, 5.41) is 9.95. The monoisotopic (exact) mass is 300 g/mol. The van der Waals surface area contributed by atoms with E-state index in [0.29, 0.717) is 6.54 Å². The van der Waals surface area contributed by atoms with E-state index in [1.54, 1.807) is 6.07 Å². The molecule has 0 aliphatic carbocycles. The fourth-order valence-electron chi connectivity index (χ4n) is 2.46. The fourth-order valence-corrected chi connectivity index (χ4v) is 2.46. The van der Waals surface area contributed by atoms with Crippen molar-refractivity contribution in [3.05, 3.63) is 29.8 Å². The summed E-state index contributed by atoms with van der Waals surface area (Å²) in [5.41, 5.74) is 0.0735. The summed E-state index contributed by atoms with van der Waals surface area (Å²) in [7, 11) is 3.63. The molecule has 116 valence electrons. The molecule has 1 heterocycles. The molecule has 5 nitrogen and oxygen atoms in total. The molecule has 0 bridgehead atoms. The van der Waals surface area contributed by atoms with Crippen molar-refractivity contribution in [3.8, 4) is 5.75 Å². The number of aliphatic hydroxyl groups excluding tert-OH is 1. The summed E-state index contributed by atoms with van der Waals surface area (Å²) in [6.07, 6.45) is -0.660. The molecule has 2 rings (SSSR count). The van der Waals surface area contributed by atoms with Crippen LogP contribution >= 0.6 is 0 Å². The highest BCUT2D eigenvalue weighted by molar-refractivity contribution is 5.97. The third-order valence-electron chi connectivity index (χ3n) is 3.54. The van der Waals surface area contributed by atoms with Crippen LogP contribution in [0.4, 0.5) is 8.78 Å². The highest BCUT2D eigenvalue weighted by atomic mass is 19.3. The second-order valence-electron chi connectivity index (χ2n) is 5.18. The van der Waals surface area contributed by atoms with Crippen LogP contribution < -0.4 is 4.74 Å². The minimum atomic E-state index is -2.99. The summed E-state index contributed by atoms with van der Waals surface area (Å²) in [4.78, 5) is 15.7. The van der Waals surface area contributed by atoms with E-state index < -0.39 is 18.6 Å². The van der Waals surface area contributed by atoms with Crippen molar-refractivity contribution in [2.24, 2.45) is 0 Å². The molecular weight excluding hydrogens is 282 g/mol. The number of halogens is 2. The zero-order valence-electron chi connectivity index (χ0n) is 11.9. The van der Waals surface area contributed by atoms with Gasteiger partial charge in [0.05, 0.1) is 17.7 Å². The SMILES string of the molecule is CN(C)[C@H]1CN(C(=O)c2ccccc2OC(F)F)C[C@@H]1O. The Bertz CT molecular complexity index is 511. The molecule has 21 heavy (non-hydrogen) atoms. The predicted molar refractivity (Wildman–Crippen MR) is 72.5 cm³/mol. The number of alkyl halides is 2. The number of rotatable bonds is 4. The second kappa shape index (κ2) is 6.36. The zero-order chi connectivity index (χ0) is 15.6. The van der Waals surface area contributed by atoms with Crippen molar-refractivity contribution >= 4 is 5.91 Å². The highest BCUT2D eigenvalue weighted by Crippen LogP contribution is 2.24. The molecule has 1 aliphatic rings. The number of hydrogen-bond donors (Lipinski definition) is 1. The van der Waals surface area contributed by atoms with Crippen molar-refractivity contribution in [3.63, 3.8) is 0 Å². The minimum Gasteiger partial charge on any atom is -0.434 e.